The summed E-state index contributed by atoms with van der Waals surface area (Å²) in [6.07, 6.45) is 1.33. The zero-order valence-electron chi connectivity index (χ0n) is 13.8. The van der Waals surface area contributed by atoms with Gasteiger partial charge in [0.25, 0.3) is 0 Å². The standard InChI is InChI=1S/C14H24N6O4/c1-2-18(8-10-22)13-12(20(23)24)14(16-11-15-13)19-5-3-17(4-6-19)7-9-21/h11,21-22H,2-10H2,1H3. The fourth-order valence-electron chi connectivity index (χ4n) is 2.85. The van der Waals surface area contributed by atoms with Crippen molar-refractivity contribution in [1.82, 2.24) is 14.9 Å². The van der Waals surface area contributed by atoms with Gasteiger partial charge in [0, 0.05) is 45.8 Å². The molecule has 1 aliphatic rings. The number of β-amino-alcohol motifs (C(OH)–C–C–N with tert-alkyl or cyclic N) is 1. The lowest BCUT2D eigenvalue weighted by Gasteiger charge is -2.35. The molecule has 24 heavy (non-hydrogen) atoms. The summed E-state index contributed by atoms with van der Waals surface area (Å²) in [7, 11) is 0. The third-order valence-corrected chi connectivity index (χ3v) is 4.11. The van der Waals surface area contributed by atoms with Crippen LogP contribution >= 0.6 is 0 Å². The van der Waals surface area contributed by atoms with Crippen molar-refractivity contribution in [3.63, 3.8) is 0 Å². The largest absolute Gasteiger partial charge is 0.395 e. The van der Waals surface area contributed by atoms with Crippen LogP contribution in [0.15, 0.2) is 6.33 Å². The highest BCUT2D eigenvalue weighted by Gasteiger charge is 2.31. The molecule has 1 fully saturated rings. The minimum atomic E-state index is -0.454. The molecule has 0 saturated carbocycles. The molecule has 1 aromatic heterocycles. The number of rotatable bonds is 8. The van der Waals surface area contributed by atoms with E-state index in [0.717, 1.165) is 0 Å². The number of aliphatic hydroxyl groups excluding tert-OH is 2. The maximum atomic E-state index is 11.6. The minimum absolute atomic E-state index is 0.102. The fraction of sp³-hybridized carbons (Fsp3) is 0.714. The number of aromatic nitrogens is 2. The molecular weight excluding hydrogens is 316 g/mol. The number of aliphatic hydroxyl groups is 2. The summed E-state index contributed by atoms with van der Waals surface area (Å²) in [6, 6.07) is 0. The Kier molecular flexibility index (Phi) is 6.64. The first-order valence-electron chi connectivity index (χ1n) is 8.05. The Morgan fingerprint density at radius 1 is 1.25 bits per heavy atom. The molecule has 0 amide bonds. The molecule has 0 spiro atoms. The summed E-state index contributed by atoms with van der Waals surface area (Å²) >= 11 is 0. The van der Waals surface area contributed by atoms with Gasteiger partial charge in [-0.2, -0.15) is 0 Å². The van der Waals surface area contributed by atoms with Gasteiger partial charge in [-0.15, -0.1) is 0 Å². The number of nitro groups is 1. The van der Waals surface area contributed by atoms with Crippen molar-refractivity contribution in [2.45, 2.75) is 6.92 Å². The molecule has 1 aromatic rings. The number of likely N-dealkylation sites (N-methyl/N-ethyl adjacent to an activating group) is 1. The second-order valence-electron chi connectivity index (χ2n) is 5.48. The van der Waals surface area contributed by atoms with Crippen molar-refractivity contribution in [2.24, 2.45) is 0 Å². The van der Waals surface area contributed by atoms with Gasteiger partial charge in [-0.1, -0.05) is 0 Å². The Morgan fingerprint density at radius 3 is 2.50 bits per heavy atom. The van der Waals surface area contributed by atoms with Crippen molar-refractivity contribution in [3.05, 3.63) is 16.4 Å². The van der Waals surface area contributed by atoms with Gasteiger partial charge < -0.3 is 20.0 Å². The Balaban J connectivity index is 2.28. The van der Waals surface area contributed by atoms with Crippen LogP contribution in [0.2, 0.25) is 0 Å². The normalized spacial score (nSPS) is 15.5. The molecule has 0 radical (unpaired) electrons. The summed E-state index contributed by atoms with van der Waals surface area (Å²) in [6.45, 7) is 5.86. The first kappa shape index (κ1) is 18.3. The van der Waals surface area contributed by atoms with E-state index in [2.05, 4.69) is 14.9 Å². The van der Waals surface area contributed by atoms with Crippen molar-refractivity contribution in [3.8, 4) is 0 Å². The van der Waals surface area contributed by atoms with Crippen LogP contribution < -0.4 is 9.80 Å². The first-order chi connectivity index (χ1) is 11.6. The lowest BCUT2D eigenvalue weighted by molar-refractivity contribution is -0.383. The van der Waals surface area contributed by atoms with Crippen molar-refractivity contribution >= 4 is 17.3 Å². The molecule has 134 valence electrons. The Labute approximate surface area is 140 Å². The molecular formula is C14H24N6O4. The molecule has 2 N–H and O–H groups in total. The lowest BCUT2D eigenvalue weighted by Crippen LogP contribution is -2.47. The van der Waals surface area contributed by atoms with Crippen molar-refractivity contribution in [2.75, 3.05) is 68.8 Å². The molecule has 10 nitrogen and oxygen atoms in total. The van der Waals surface area contributed by atoms with E-state index in [1.165, 1.54) is 6.33 Å². The molecule has 2 rings (SSSR count). The summed E-state index contributed by atoms with van der Waals surface area (Å²) in [5.74, 6) is 0.546. The second kappa shape index (κ2) is 8.71. The highest BCUT2D eigenvalue weighted by Crippen LogP contribution is 2.34. The summed E-state index contributed by atoms with van der Waals surface area (Å²) in [4.78, 5) is 25.1. The van der Waals surface area contributed by atoms with Crippen LogP contribution in [0.1, 0.15) is 6.92 Å². The van der Waals surface area contributed by atoms with Gasteiger partial charge in [-0.05, 0) is 6.92 Å². The van der Waals surface area contributed by atoms with E-state index in [-0.39, 0.29) is 31.3 Å². The van der Waals surface area contributed by atoms with E-state index < -0.39 is 4.92 Å². The van der Waals surface area contributed by atoms with E-state index in [1.807, 2.05) is 11.8 Å². The molecule has 1 saturated heterocycles. The minimum Gasteiger partial charge on any atom is -0.395 e. The van der Waals surface area contributed by atoms with Gasteiger partial charge in [0.15, 0.2) is 0 Å². The summed E-state index contributed by atoms with van der Waals surface area (Å²) in [5.41, 5.74) is -0.122. The van der Waals surface area contributed by atoms with Gasteiger partial charge in [0.1, 0.15) is 6.33 Å². The molecule has 0 unspecified atom stereocenters. The van der Waals surface area contributed by atoms with E-state index >= 15 is 0 Å². The molecule has 10 heteroatoms. The molecule has 1 aliphatic heterocycles. The monoisotopic (exact) mass is 340 g/mol. The number of nitrogens with zero attached hydrogens (tertiary/aromatic N) is 6. The molecule has 0 bridgehead atoms. The second-order valence-corrected chi connectivity index (χ2v) is 5.48. The van der Waals surface area contributed by atoms with Gasteiger partial charge in [-0.25, -0.2) is 9.97 Å². The average Bonchev–Trinajstić information content (AvgIpc) is 2.60. The first-order valence-corrected chi connectivity index (χ1v) is 8.05. The van der Waals surface area contributed by atoms with Crippen LogP contribution in [0.3, 0.4) is 0 Å². The topological polar surface area (TPSA) is 119 Å². The lowest BCUT2D eigenvalue weighted by atomic mass is 10.2. The van der Waals surface area contributed by atoms with Crippen LogP contribution in [0.4, 0.5) is 17.3 Å². The highest BCUT2D eigenvalue weighted by molar-refractivity contribution is 5.71. The summed E-state index contributed by atoms with van der Waals surface area (Å²) in [5, 5.41) is 29.8. The van der Waals surface area contributed by atoms with E-state index in [1.54, 1.807) is 4.90 Å². The van der Waals surface area contributed by atoms with Gasteiger partial charge in [-0.3, -0.25) is 15.0 Å². The van der Waals surface area contributed by atoms with Gasteiger partial charge >= 0.3 is 5.69 Å². The maximum absolute atomic E-state index is 11.6. The number of hydrogen-bond acceptors (Lipinski definition) is 9. The Hall–Kier alpha value is -2.04. The third kappa shape index (κ3) is 4.08. The predicted octanol–water partition coefficient (Wildman–Crippen LogP) is -0.682. The fourth-order valence-corrected chi connectivity index (χ4v) is 2.85. The summed E-state index contributed by atoms with van der Waals surface area (Å²) < 4.78 is 0. The van der Waals surface area contributed by atoms with Gasteiger partial charge in [0.05, 0.1) is 18.1 Å². The van der Waals surface area contributed by atoms with Crippen LogP contribution in [0.25, 0.3) is 0 Å². The predicted molar refractivity (Wildman–Crippen MR) is 89.4 cm³/mol. The quantitative estimate of drug-likeness (QED) is 0.468. The number of hydrogen-bond donors (Lipinski definition) is 2. The molecule has 0 atom stereocenters. The van der Waals surface area contributed by atoms with Crippen LogP contribution in [-0.4, -0.2) is 89.0 Å². The third-order valence-electron chi connectivity index (χ3n) is 4.11. The maximum Gasteiger partial charge on any atom is 0.353 e. The zero-order chi connectivity index (χ0) is 17.5. The molecule has 2 heterocycles. The van der Waals surface area contributed by atoms with Crippen LogP contribution in [-0.2, 0) is 0 Å². The van der Waals surface area contributed by atoms with E-state index in [9.17, 15) is 10.1 Å². The SMILES string of the molecule is CCN(CCO)c1ncnc(N2CCN(CCO)CC2)c1[N+](=O)[O-]. The highest BCUT2D eigenvalue weighted by atomic mass is 16.6. The zero-order valence-corrected chi connectivity index (χ0v) is 13.8. The van der Waals surface area contributed by atoms with Crippen molar-refractivity contribution < 1.29 is 15.1 Å². The van der Waals surface area contributed by atoms with Crippen molar-refractivity contribution in [1.29, 1.82) is 0 Å². The van der Waals surface area contributed by atoms with Crippen LogP contribution in [0, 0.1) is 10.1 Å². The van der Waals surface area contributed by atoms with Gasteiger partial charge in [0.2, 0.25) is 11.6 Å². The molecule has 0 aromatic carbocycles. The smallest absolute Gasteiger partial charge is 0.353 e. The molecule has 0 aliphatic carbocycles. The number of piperazine rings is 1. The Bertz CT molecular complexity index is 550. The van der Waals surface area contributed by atoms with E-state index in [0.29, 0.717) is 45.1 Å². The van der Waals surface area contributed by atoms with Crippen LogP contribution in [0.5, 0.6) is 0 Å². The Morgan fingerprint density at radius 2 is 1.96 bits per heavy atom. The van der Waals surface area contributed by atoms with E-state index in [4.69, 9.17) is 10.2 Å². The number of anilines is 2. The average molecular weight is 340 g/mol.